The summed E-state index contributed by atoms with van der Waals surface area (Å²) in [6, 6.07) is 9.38. The van der Waals surface area contributed by atoms with Crippen molar-refractivity contribution in [3.63, 3.8) is 0 Å². The highest BCUT2D eigenvalue weighted by molar-refractivity contribution is 5.77. The number of halogens is 2. The zero-order chi connectivity index (χ0) is 14.1. The first-order valence-electron chi connectivity index (χ1n) is 6.17. The smallest absolute Gasteiger partial charge is 0.192 e. The lowest BCUT2D eigenvalue weighted by Gasteiger charge is -2.06. The maximum atomic E-state index is 13.1. The highest BCUT2D eigenvalue weighted by atomic mass is 19.2. The number of anilines is 1. The Hall–Kier alpha value is -2.43. The maximum Gasteiger partial charge on any atom is 0.192 e. The molecular weight excluding hydrogens is 262 g/mol. The second kappa shape index (κ2) is 4.92. The molecule has 0 saturated heterocycles. The van der Waals surface area contributed by atoms with Crippen LogP contribution in [0.25, 0.3) is 11.1 Å². The summed E-state index contributed by atoms with van der Waals surface area (Å²) in [6.45, 7) is 2.19. The first kappa shape index (κ1) is 12.6. The molecule has 3 aromatic rings. The van der Waals surface area contributed by atoms with E-state index in [2.05, 4.69) is 10.3 Å². The van der Waals surface area contributed by atoms with Crippen LogP contribution in [0.1, 0.15) is 11.5 Å². The van der Waals surface area contributed by atoms with Gasteiger partial charge < -0.3 is 9.73 Å². The van der Waals surface area contributed by atoms with Crippen LogP contribution in [0.4, 0.5) is 14.5 Å². The van der Waals surface area contributed by atoms with Crippen LogP contribution >= 0.6 is 0 Å². The standard InChI is InChI=1S/C15H12F2N2O/c1-9-19-14-7-11(3-5-15(14)20-9)18-8-10-2-4-12(16)13(17)6-10/h2-7,18H,8H2,1H3. The summed E-state index contributed by atoms with van der Waals surface area (Å²) in [4.78, 5) is 4.24. The van der Waals surface area contributed by atoms with Crippen molar-refractivity contribution in [2.75, 3.05) is 5.32 Å². The van der Waals surface area contributed by atoms with E-state index in [-0.39, 0.29) is 0 Å². The number of fused-ring (bicyclic) bond motifs is 1. The molecule has 0 amide bonds. The molecule has 0 saturated carbocycles. The largest absolute Gasteiger partial charge is 0.441 e. The molecule has 5 heteroatoms. The second-order valence-electron chi connectivity index (χ2n) is 4.52. The fourth-order valence-corrected chi connectivity index (χ4v) is 2.01. The molecule has 1 N–H and O–H groups in total. The maximum absolute atomic E-state index is 13.1. The molecule has 0 aliphatic rings. The van der Waals surface area contributed by atoms with Crippen molar-refractivity contribution in [1.29, 1.82) is 0 Å². The topological polar surface area (TPSA) is 38.1 Å². The zero-order valence-corrected chi connectivity index (χ0v) is 10.8. The van der Waals surface area contributed by atoms with E-state index in [1.54, 1.807) is 13.0 Å². The van der Waals surface area contributed by atoms with E-state index in [4.69, 9.17) is 4.42 Å². The Morgan fingerprint density at radius 2 is 1.95 bits per heavy atom. The van der Waals surface area contributed by atoms with Gasteiger partial charge in [0.1, 0.15) is 5.52 Å². The van der Waals surface area contributed by atoms with Crippen LogP contribution in [0.2, 0.25) is 0 Å². The van der Waals surface area contributed by atoms with Crippen LogP contribution < -0.4 is 5.32 Å². The lowest BCUT2D eigenvalue weighted by Crippen LogP contribution is -2.00. The highest BCUT2D eigenvalue weighted by Crippen LogP contribution is 2.20. The Labute approximate surface area is 114 Å². The average Bonchev–Trinajstić information content (AvgIpc) is 2.79. The predicted molar refractivity (Wildman–Crippen MR) is 72.4 cm³/mol. The number of benzene rings is 2. The summed E-state index contributed by atoms with van der Waals surface area (Å²) < 4.78 is 31.3. The molecule has 0 radical (unpaired) electrons. The Balaban J connectivity index is 1.77. The number of aromatic nitrogens is 1. The minimum absolute atomic E-state index is 0.402. The van der Waals surface area contributed by atoms with E-state index < -0.39 is 11.6 Å². The summed E-state index contributed by atoms with van der Waals surface area (Å²) in [5.74, 6) is -1.07. The molecule has 0 unspecified atom stereocenters. The van der Waals surface area contributed by atoms with Crippen molar-refractivity contribution in [1.82, 2.24) is 4.98 Å². The van der Waals surface area contributed by atoms with Crippen molar-refractivity contribution in [3.8, 4) is 0 Å². The number of hydrogen-bond donors (Lipinski definition) is 1. The lowest BCUT2D eigenvalue weighted by molar-refractivity contribution is 0.507. The molecule has 3 rings (SSSR count). The number of rotatable bonds is 3. The van der Waals surface area contributed by atoms with Crippen molar-refractivity contribution in [2.45, 2.75) is 13.5 Å². The summed E-state index contributed by atoms with van der Waals surface area (Å²) in [5, 5.41) is 3.14. The Kier molecular flexibility index (Phi) is 3.10. The van der Waals surface area contributed by atoms with E-state index >= 15 is 0 Å². The van der Waals surface area contributed by atoms with Crippen LogP contribution in [0, 0.1) is 18.6 Å². The highest BCUT2D eigenvalue weighted by Gasteiger charge is 2.05. The van der Waals surface area contributed by atoms with Gasteiger partial charge in [0.15, 0.2) is 23.1 Å². The van der Waals surface area contributed by atoms with Crippen LogP contribution in [0.5, 0.6) is 0 Å². The van der Waals surface area contributed by atoms with Gasteiger partial charge in [-0.3, -0.25) is 0 Å². The van der Waals surface area contributed by atoms with Gasteiger partial charge >= 0.3 is 0 Å². The SMILES string of the molecule is Cc1nc2cc(NCc3ccc(F)c(F)c3)ccc2o1. The van der Waals surface area contributed by atoms with Gasteiger partial charge in [0.05, 0.1) is 0 Å². The predicted octanol–water partition coefficient (Wildman–Crippen LogP) is 4.03. The molecule has 20 heavy (non-hydrogen) atoms. The molecule has 102 valence electrons. The van der Waals surface area contributed by atoms with Crippen LogP contribution in [-0.4, -0.2) is 4.98 Å². The van der Waals surface area contributed by atoms with Gasteiger partial charge in [-0.15, -0.1) is 0 Å². The van der Waals surface area contributed by atoms with E-state index in [0.29, 0.717) is 18.0 Å². The third kappa shape index (κ3) is 2.47. The third-order valence-corrected chi connectivity index (χ3v) is 2.98. The van der Waals surface area contributed by atoms with Crippen LogP contribution in [0.3, 0.4) is 0 Å². The zero-order valence-electron chi connectivity index (χ0n) is 10.8. The van der Waals surface area contributed by atoms with Crippen molar-refractivity contribution < 1.29 is 13.2 Å². The summed E-state index contributed by atoms with van der Waals surface area (Å²) in [5.41, 5.74) is 2.99. The van der Waals surface area contributed by atoms with Gasteiger partial charge in [0.25, 0.3) is 0 Å². The van der Waals surface area contributed by atoms with Gasteiger partial charge in [-0.25, -0.2) is 13.8 Å². The molecule has 1 aromatic heterocycles. The lowest BCUT2D eigenvalue weighted by atomic mass is 10.2. The Morgan fingerprint density at radius 3 is 2.75 bits per heavy atom. The normalized spacial score (nSPS) is 10.9. The molecule has 0 fully saturated rings. The number of hydrogen-bond acceptors (Lipinski definition) is 3. The van der Waals surface area contributed by atoms with E-state index in [1.165, 1.54) is 6.07 Å². The first-order chi connectivity index (χ1) is 9.61. The molecule has 0 aliphatic heterocycles. The molecule has 2 aromatic carbocycles. The summed E-state index contributed by atoms with van der Waals surface area (Å²) >= 11 is 0. The molecule has 3 nitrogen and oxygen atoms in total. The molecular formula is C15H12F2N2O. The molecule has 0 atom stereocenters. The minimum Gasteiger partial charge on any atom is -0.441 e. The summed E-state index contributed by atoms with van der Waals surface area (Å²) in [6.07, 6.45) is 0. The van der Waals surface area contributed by atoms with Gasteiger partial charge in [0.2, 0.25) is 0 Å². The third-order valence-electron chi connectivity index (χ3n) is 2.98. The molecule has 0 spiro atoms. The van der Waals surface area contributed by atoms with E-state index in [9.17, 15) is 8.78 Å². The molecule has 1 heterocycles. The number of nitrogens with zero attached hydrogens (tertiary/aromatic N) is 1. The van der Waals surface area contributed by atoms with Crippen LogP contribution in [-0.2, 0) is 6.54 Å². The second-order valence-corrected chi connectivity index (χ2v) is 4.52. The van der Waals surface area contributed by atoms with Gasteiger partial charge in [-0.1, -0.05) is 6.07 Å². The van der Waals surface area contributed by atoms with Crippen molar-refractivity contribution >= 4 is 16.8 Å². The first-order valence-corrected chi connectivity index (χ1v) is 6.17. The summed E-state index contributed by atoms with van der Waals surface area (Å²) in [7, 11) is 0. The monoisotopic (exact) mass is 274 g/mol. The fraction of sp³-hybridized carbons (Fsp3) is 0.133. The van der Waals surface area contributed by atoms with Crippen LogP contribution in [0.15, 0.2) is 40.8 Å². The van der Waals surface area contributed by atoms with E-state index in [1.807, 2.05) is 18.2 Å². The fourth-order valence-electron chi connectivity index (χ4n) is 2.01. The van der Waals surface area contributed by atoms with Gasteiger partial charge in [-0.2, -0.15) is 0 Å². The average molecular weight is 274 g/mol. The minimum atomic E-state index is -0.841. The number of nitrogens with one attached hydrogen (secondary N) is 1. The quantitative estimate of drug-likeness (QED) is 0.783. The number of aryl methyl sites for hydroxylation is 1. The Morgan fingerprint density at radius 1 is 1.10 bits per heavy atom. The molecule has 0 aliphatic carbocycles. The van der Waals surface area contributed by atoms with Gasteiger partial charge in [-0.05, 0) is 35.9 Å². The van der Waals surface area contributed by atoms with E-state index in [0.717, 1.165) is 22.9 Å². The Bertz CT molecular complexity index is 768. The molecule has 0 bridgehead atoms. The number of oxazole rings is 1. The van der Waals surface area contributed by atoms with Crippen molar-refractivity contribution in [2.24, 2.45) is 0 Å². The van der Waals surface area contributed by atoms with Gasteiger partial charge in [0, 0.05) is 19.2 Å². The van der Waals surface area contributed by atoms with Crippen molar-refractivity contribution in [3.05, 3.63) is 59.5 Å².